The topological polar surface area (TPSA) is 64.5 Å². The molecule has 7 rings (SSSR count). The molecule has 2 aliphatic rings. The highest BCUT2D eigenvalue weighted by Gasteiger charge is 2.40. The predicted octanol–water partition coefficient (Wildman–Crippen LogP) is 11.3. The van der Waals surface area contributed by atoms with E-state index >= 15 is 0 Å². The van der Waals surface area contributed by atoms with Gasteiger partial charge in [-0.2, -0.15) is 0 Å². The Balaban J connectivity index is 1.32. The number of carbonyl (C=O) groups excluding carboxylic acids is 2. The Morgan fingerprint density at radius 3 is 2.14 bits per heavy atom. The van der Waals surface area contributed by atoms with E-state index in [4.69, 9.17) is 0 Å². The molecule has 6 nitrogen and oxygen atoms in total. The van der Waals surface area contributed by atoms with Gasteiger partial charge in [-0.1, -0.05) is 93.7 Å². The van der Waals surface area contributed by atoms with E-state index in [-0.39, 0.29) is 11.7 Å². The lowest BCUT2D eigenvalue weighted by molar-refractivity contribution is -0.462. The monoisotopic (exact) mass is 882 g/mol. The first-order valence-electron chi connectivity index (χ1n) is 23.5. The van der Waals surface area contributed by atoms with Crippen LogP contribution in [-0.2, 0) is 22.6 Å². The van der Waals surface area contributed by atoms with Crippen LogP contribution in [0.3, 0.4) is 0 Å². The highest BCUT2D eigenvalue weighted by atomic mass is 28.3. The number of nitrogens with one attached hydrogen (secondary N) is 2. The number of rotatable bonds is 18. The highest BCUT2D eigenvalue weighted by Crippen LogP contribution is 2.44. The normalized spacial score (nSPS) is 14.0. The van der Waals surface area contributed by atoms with Gasteiger partial charge in [-0.25, -0.2) is 4.58 Å². The number of hydrogen-bond donors (Lipinski definition) is 2. The van der Waals surface area contributed by atoms with Crippen molar-refractivity contribution < 1.29 is 14.2 Å². The third-order valence-electron chi connectivity index (χ3n) is 13.4. The Bertz CT molecular complexity index is 2850. The van der Waals surface area contributed by atoms with Gasteiger partial charge in [0.1, 0.15) is 22.2 Å². The third kappa shape index (κ3) is 10.2. The number of hydrogen-bond acceptors (Lipinski definition) is 4. The van der Waals surface area contributed by atoms with Gasteiger partial charge in [0.05, 0.1) is 0 Å². The van der Waals surface area contributed by atoms with E-state index in [0.29, 0.717) is 24.1 Å². The maximum Gasteiger partial charge on any atom is 0.246 e. The zero-order chi connectivity index (χ0) is 46.6. The average Bonchev–Trinajstić information content (AvgIpc) is 3.28. The van der Waals surface area contributed by atoms with Gasteiger partial charge in [0.25, 0.3) is 0 Å². The summed E-state index contributed by atoms with van der Waals surface area (Å²) in [5, 5.41) is 14.8. The lowest BCUT2D eigenvalue weighted by Crippen LogP contribution is -2.49. The number of nitrogens with zero attached hydrogens (tertiary/aromatic N) is 2. The summed E-state index contributed by atoms with van der Waals surface area (Å²) in [5.41, 5.74) is 15.3. The number of Topliss-reactive ketones (excluding diaryl/α,β-unsaturated/α-hetero) is 1. The van der Waals surface area contributed by atoms with Gasteiger partial charge in [0.15, 0.2) is 11.5 Å². The molecule has 0 saturated carbocycles. The van der Waals surface area contributed by atoms with Crippen LogP contribution < -0.4 is 20.7 Å². The van der Waals surface area contributed by atoms with Crippen molar-refractivity contribution in [3.8, 4) is 11.1 Å². The first-order valence-corrected chi connectivity index (χ1v) is 26.5. The maximum atomic E-state index is 12.3. The molecule has 7 heteroatoms. The van der Waals surface area contributed by atoms with Crippen LogP contribution in [0.15, 0.2) is 132 Å². The van der Waals surface area contributed by atoms with Gasteiger partial charge in [-0.15, -0.1) is 0 Å². The minimum atomic E-state index is -2.09. The number of aryl methyl sites for hydroxylation is 2. The molecule has 1 aliphatic carbocycles. The lowest BCUT2D eigenvalue weighted by Gasteiger charge is -2.38. The van der Waals surface area contributed by atoms with Crippen LogP contribution >= 0.6 is 0 Å². The number of anilines is 1. The molecule has 1 amide bonds. The summed E-state index contributed by atoms with van der Waals surface area (Å²) < 4.78 is 2.22. The lowest BCUT2D eigenvalue weighted by atomic mass is 9.85. The fourth-order valence-electron chi connectivity index (χ4n) is 9.72. The second-order valence-corrected chi connectivity index (χ2v) is 23.6. The molecular weight excluding hydrogens is 813 g/mol. The van der Waals surface area contributed by atoms with Crippen molar-refractivity contribution in [1.29, 1.82) is 0 Å². The van der Waals surface area contributed by atoms with E-state index in [2.05, 4.69) is 179 Å². The number of benzene rings is 5. The molecule has 0 atom stereocenters. The summed E-state index contributed by atoms with van der Waals surface area (Å²) in [6.45, 7) is 20.5. The Kier molecular flexibility index (Phi) is 14.6. The number of ketones is 1. The van der Waals surface area contributed by atoms with Crippen molar-refractivity contribution in [2.75, 3.05) is 46.2 Å². The number of amides is 1. The average molecular weight is 882 g/mol. The summed E-state index contributed by atoms with van der Waals surface area (Å²) in [7, 11) is 6.45. The van der Waals surface area contributed by atoms with Crippen LogP contribution in [-0.4, -0.2) is 71.3 Å². The molecular formula is C58H69N4O2Si+. The number of allylic oxidation sites excluding steroid dienone is 6. The Morgan fingerprint density at radius 1 is 0.723 bits per heavy atom. The Morgan fingerprint density at radius 2 is 1.43 bits per heavy atom. The largest absolute Gasteiger partial charge is 0.378 e. The zero-order valence-electron chi connectivity index (χ0n) is 40.4. The van der Waals surface area contributed by atoms with E-state index in [1.54, 1.807) is 6.92 Å². The van der Waals surface area contributed by atoms with Crippen molar-refractivity contribution in [2.24, 2.45) is 0 Å². The van der Waals surface area contributed by atoms with Crippen molar-refractivity contribution in [3.63, 3.8) is 0 Å². The number of carbonyl (C=O) groups is 2. The second kappa shape index (κ2) is 20.1. The van der Waals surface area contributed by atoms with Crippen LogP contribution in [0.4, 0.5) is 5.69 Å². The van der Waals surface area contributed by atoms with Crippen LogP contribution in [0.2, 0.25) is 13.1 Å². The first kappa shape index (κ1) is 47.1. The van der Waals surface area contributed by atoms with Gasteiger partial charge in [0.2, 0.25) is 5.91 Å². The predicted molar refractivity (Wildman–Crippen MR) is 281 cm³/mol. The fraction of sp³-hybridized carbons (Fsp3) is 0.328. The van der Waals surface area contributed by atoms with E-state index in [9.17, 15) is 9.59 Å². The maximum absolute atomic E-state index is 12.3. The molecule has 0 aromatic heterocycles. The molecule has 0 unspecified atom stereocenters. The minimum absolute atomic E-state index is 0.0933. The Labute approximate surface area is 389 Å². The van der Waals surface area contributed by atoms with Gasteiger partial charge < -0.3 is 15.5 Å². The zero-order valence-corrected chi connectivity index (χ0v) is 41.4. The van der Waals surface area contributed by atoms with Gasteiger partial charge in [-0.05, 0) is 171 Å². The molecule has 1 aliphatic heterocycles. The molecule has 65 heavy (non-hydrogen) atoms. The molecule has 1 heterocycles. The summed E-state index contributed by atoms with van der Waals surface area (Å²) in [6.07, 6.45) is 13.5. The third-order valence-corrected chi connectivity index (χ3v) is 17.0. The summed E-state index contributed by atoms with van der Waals surface area (Å²) in [4.78, 5) is 26.6. The van der Waals surface area contributed by atoms with Crippen LogP contribution in [0, 0.1) is 6.92 Å². The quantitative estimate of drug-likeness (QED) is 0.0303. The first-order chi connectivity index (χ1) is 31.1. The van der Waals surface area contributed by atoms with E-state index < -0.39 is 8.07 Å². The van der Waals surface area contributed by atoms with E-state index in [0.717, 1.165) is 51.6 Å². The van der Waals surface area contributed by atoms with Gasteiger partial charge in [0, 0.05) is 57.0 Å². The molecule has 5 aromatic carbocycles. The standard InChI is InChI=1S/C58H68N4O2Si/c1-38(2)54(63)22-15-13-12-14-19-47-46-20-16-17-21-48(46)53(37-59-29-18-30-60-58(64)39(3)4)49-26-23-41(34-52(47)49)42-31-40(5)32-43(33-42)57-50-27-24-44(61(6)7)35-55(50)65(10,11)56-36-45(62(8)9)25-28-51(56)57/h16-17,20-21,23-28,31-36,59H,1,3,12-15,18-19,22,29-30,37H2,2,4-11H3/p+1. The molecule has 2 N–H and O–H groups in total. The van der Waals surface area contributed by atoms with E-state index in [1.165, 1.54) is 93.4 Å². The molecule has 5 aromatic rings. The highest BCUT2D eigenvalue weighted by molar-refractivity contribution is 6.98. The fourth-order valence-corrected chi connectivity index (χ4v) is 12.8. The van der Waals surface area contributed by atoms with Crippen molar-refractivity contribution in [1.82, 2.24) is 10.6 Å². The smallest absolute Gasteiger partial charge is 0.246 e. The SMILES string of the molecule is C=C(C)C(=O)CCCCCCc1c2ccccc2c(CNCCCNC(=O)C(=C)C)c2ccc(-c3cc(C)cc(C4=C5C=CC(=[N+](C)C)C=C5[Si](C)(C)c5cc(N(C)C)ccc54)c3)cc12. The molecule has 0 radical (unpaired) electrons. The van der Waals surface area contributed by atoms with Gasteiger partial charge >= 0.3 is 0 Å². The summed E-state index contributed by atoms with van der Waals surface area (Å²) in [6, 6.07) is 30.3. The van der Waals surface area contributed by atoms with Crippen molar-refractivity contribution >= 4 is 63.5 Å². The molecule has 0 saturated heterocycles. The Hall–Kier alpha value is -5.89. The second-order valence-electron chi connectivity index (χ2n) is 19.3. The van der Waals surface area contributed by atoms with Crippen molar-refractivity contribution in [3.05, 3.63) is 160 Å². The van der Waals surface area contributed by atoms with Crippen LogP contribution in [0.1, 0.15) is 80.2 Å². The number of unbranched alkanes of at least 4 members (excludes halogenated alkanes) is 3. The van der Waals surface area contributed by atoms with Gasteiger partial charge in [-0.3, -0.25) is 9.59 Å². The van der Waals surface area contributed by atoms with Crippen LogP contribution in [0.5, 0.6) is 0 Å². The minimum Gasteiger partial charge on any atom is -0.378 e. The van der Waals surface area contributed by atoms with Crippen molar-refractivity contribution in [2.45, 2.75) is 85.4 Å². The molecule has 0 spiro atoms. The van der Waals surface area contributed by atoms with E-state index in [1.807, 2.05) is 6.92 Å². The summed E-state index contributed by atoms with van der Waals surface area (Å²) in [5.74, 6) is 0.0804. The molecule has 0 bridgehead atoms. The molecule has 336 valence electrons. The number of fused-ring (bicyclic) bond motifs is 4. The molecule has 0 fully saturated rings. The summed E-state index contributed by atoms with van der Waals surface area (Å²) >= 11 is 0. The van der Waals surface area contributed by atoms with Crippen LogP contribution in [0.25, 0.3) is 38.2 Å².